The van der Waals surface area contributed by atoms with Gasteiger partial charge < -0.3 is 14.5 Å². The van der Waals surface area contributed by atoms with Crippen molar-refractivity contribution >= 4 is 28.9 Å². The Morgan fingerprint density at radius 2 is 1.58 bits per heavy atom. The van der Waals surface area contributed by atoms with Crippen LogP contribution in [0.1, 0.15) is 57.4 Å². The highest BCUT2D eigenvalue weighted by atomic mass is 35.5. The molecule has 1 saturated carbocycles. The minimum atomic E-state index is 0.174. The fourth-order valence-corrected chi connectivity index (χ4v) is 6.04. The smallest absolute Gasteiger partial charge is 0.0751 e. The van der Waals surface area contributed by atoms with Crippen molar-refractivity contribution < 1.29 is 4.74 Å². The van der Waals surface area contributed by atoms with Crippen LogP contribution in [0.3, 0.4) is 0 Å². The minimum Gasteiger partial charge on any atom is -0.379 e. The first kappa shape index (κ1) is 24.9. The lowest BCUT2D eigenvalue weighted by atomic mass is 9.76. The van der Waals surface area contributed by atoms with Gasteiger partial charge in [0.15, 0.2) is 0 Å². The molecule has 1 atom stereocenters. The molecule has 2 fully saturated rings. The Bertz CT molecular complexity index is 843. The molecule has 1 aliphatic heterocycles. The maximum absolute atomic E-state index is 6.75. The molecule has 4 rings (SSSR count). The van der Waals surface area contributed by atoms with E-state index < -0.39 is 0 Å². The van der Waals surface area contributed by atoms with Crippen LogP contribution in [0.25, 0.3) is 0 Å². The molecule has 1 heterocycles. The third kappa shape index (κ3) is 6.88. The van der Waals surface area contributed by atoms with Gasteiger partial charge in [-0.2, -0.15) is 0 Å². The summed E-state index contributed by atoms with van der Waals surface area (Å²) in [6.07, 6.45) is 9.11. The Morgan fingerprint density at radius 1 is 0.909 bits per heavy atom. The largest absolute Gasteiger partial charge is 0.379 e. The summed E-state index contributed by atoms with van der Waals surface area (Å²) in [6, 6.07) is 16.6. The molecule has 3 nitrogen and oxygen atoms in total. The Balaban J connectivity index is 1.58. The summed E-state index contributed by atoms with van der Waals surface area (Å²) in [4.78, 5) is 4.96. The van der Waals surface area contributed by atoms with Gasteiger partial charge in [0.05, 0.1) is 35.0 Å². The third-order valence-corrected chi connectivity index (χ3v) is 7.96. The molecule has 5 heteroatoms. The van der Waals surface area contributed by atoms with E-state index in [4.69, 9.17) is 27.9 Å². The van der Waals surface area contributed by atoms with Gasteiger partial charge in [-0.15, -0.1) is 0 Å². The van der Waals surface area contributed by atoms with Crippen molar-refractivity contribution in [2.45, 2.75) is 64.5 Å². The van der Waals surface area contributed by atoms with Gasteiger partial charge >= 0.3 is 0 Å². The van der Waals surface area contributed by atoms with Gasteiger partial charge in [-0.1, -0.05) is 85.8 Å². The van der Waals surface area contributed by atoms with E-state index in [1.54, 1.807) is 0 Å². The molecule has 1 saturated heterocycles. The van der Waals surface area contributed by atoms with Crippen molar-refractivity contribution in [1.29, 1.82) is 0 Å². The lowest BCUT2D eigenvalue weighted by Crippen LogP contribution is -2.47. The lowest BCUT2D eigenvalue weighted by Gasteiger charge is -2.38. The molecule has 0 spiro atoms. The molecule has 0 bridgehead atoms. The van der Waals surface area contributed by atoms with Crippen molar-refractivity contribution in [1.82, 2.24) is 4.90 Å². The zero-order valence-corrected chi connectivity index (χ0v) is 21.5. The Hall–Kier alpha value is -1.26. The van der Waals surface area contributed by atoms with E-state index in [2.05, 4.69) is 47.1 Å². The van der Waals surface area contributed by atoms with Gasteiger partial charge in [-0.3, -0.25) is 0 Å². The van der Waals surface area contributed by atoms with Crippen LogP contribution in [0.5, 0.6) is 0 Å². The summed E-state index contributed by atoms with van der Waals surface area (Å²) in [7, 11) is 0. The SMILES string of the molecule is CC1(COCC(CN2CCCC2)N(Cc2ccccc2)c2c(Cl)cccc2Cl)CCCCC1. The standard InChI is InChI=1S/C28H38Cl2N2O/c1-28(15-6-3-7-16-28)22-33-21-24(20-31-17-8-9-18-31)32(19-23-11-4-2-5-12-23)27-25(29)13-10-14-26(27)30/h2,4-5,10-14,24H,3,6-9,15-22H2,1H3. The van der Waals surface area contributed by atoms with Crippen LogP contribution >= 0.6 is 23.2 Å². The molecule has 2 aromatic carbocycles. The van der Waals surface area contributed by atoms with Crippen LogP contribution in [0, 0.1) is 5.41 Å². The molecule has 2 aliphatic rings. The van der Waals surface area contributed by atoms with E-state index in [1.165, 1.54) is 50.5 Å². The van der Waals surface area contributed by atoms with Crippen LogP contribution in [-0.4, -0.2) is 43.8 Å². The predicted molar refractivity (Wildman–Crippen MR) is 141 cm³/mol. The number of rotatable bonds is 10. The molecule has 1 unspecified atom stereocenters. The predicted octanol–water partition coefficient (Wildman–Crippen LogP) is 7.45. The van der Waals surface area contributed by atoms with Gasteiger partial charge in [0.1, 0.15) is 0 Å². The average molecular weight is 490 g/mol. The van der Waals surface area contributed by atoms with Crippen molar-refractivity contribution in [2.75, 3.05) is 37.7 Å². The maximum atomic E-state index is 6.75. The highest BCUT2D eigenvalue weighted by Gasteiger charge is 2.30. The molecule has 0 aromatic heterocycles. The quantitative estimate of drug-likeness (QED) is 0.345. The zero-order chi connectivity index (χ0) is 23.1. The van der Waals surface area contributed by atoms with Gasteiger partial charge in [0.25, 0.3) is 0 Å². The third-order valence-electron chi connectivity index (χ3n) is 7.35. The number of benzene rings is 2. The molecule has 0 N–H and O–H groups in total. The number of hydrogen-bond acceptors (Lipinski definition) is 3. The first-order valence-electron chi connectivity index (χ1n) is 12.6. The van der Waals surface area contributed by atoms with E-state index in [0.29, 0.717) is 22.1 Å². The molecule has 0 amide bonds. The first-order valence-corrected chi connectivity index (χ1v) is 13.3. The Kier molecular flexibility index (Phi) is 8.98. The maximum Gasteiger partial charge on any atom is 0.0751 e. The van der Waals surface area contributed by atoms with E-state index in [-0.39, 0.29) is 6.04 Å². The van der Waals surface area contributed by atoms with E-state index in [9.17, 15) is 0 Å². The van der Waals surface area contributed by atoms with Gasteiger partial charge in [-0.25, -0.2) is 0 Å². The normalized spacial score (nSPS) is 19.5. The second-order valence-electron chi connectivity index (χ2n) is 10.2. The highest BCUT2D eigenvalue weighted by molar-refractivity contribution is 6.39. The number of likely N-dealkylation sites (tertiary alicyclic amines) is 1. The number of hydrogen-bond donors (Lipinski definition) is 0. The summed E-state index contributed by atoms with van der Waals surface area (Å²) >= 11 is 13.5. The van der Waals surface area contributed by atoms with Crippen molar-refractivity contribution in [3.05, 3.63) is 64.1 Å². The summed E-state index contributed by atoms with van der Waals surface area (Å²) in [5, 5.41) is 1.40. The Labute approximate surface area is 210 Å². The van der Waals surface area contributed by atoms with E-state index >= 15 is 0 Å². The summed E-state index contributed by atoms with van der Waals surface area (Å²) in [5.41, 5.74) is 2.48. The van der Waals surface area contributed by atoms with Crippen molar-refractivity contribution in [3.63, 3.8) is 0 Å². The van der Waals surface area contributed by atoms with Gasteiger partial charge in [0, 0.05) is 13.1 Å². The van der Waals surface area contributed by atoms with E-state index in [1.807, 2.05) is 18.2 Å². The van der Waals surface area contributed by atoms with Gasteiger partial charge in [-0.05, 0) is 61.9 Å². The number of para-hydroxylation sites is 1. The number of nitrogens with zero attached hydrogens (tertiary/aromatic N) is 2. The summed E-state index contributed by atoms with van der Waals surface area (Å²) in [6.45, 7) is 7.94. The molecular weight excluding hydrogens is 451 g/mol. The van der Waals surface area contributed by atoms with Crippen molar-refractivity contribution in [2.24, 2.45) is 5.41 Å². The first-order chi connectivity index (χ1) is 16.0. The van der Waals surface area contributed by atoms with E-state index in [0.717, 1.165) is 38.5 Å². The van der Waals surface area contributed by atoms with Crippen LogP contribution in [0.15, 0.2) is 48.5 Å². The monoisotopic (exact) mass is 488 g/mol. The molecule has 33 heavy (non-hydrogen) atoms. The van der Waals surface area contributed by atoms with Crippen LogP contribution in [0.4, 0.5) is 5.69 Å². The molecular formula is C28H38Cl2N2O. The minimum absolute atomic E-state index is 0.174. The topological polar surface area (TPSA) is 15.7 Å². The number of ether oxygens (including phenoxy) is 1. The fourth-order valence-electron chi connectivity index (χ4n) is 5.43. The summed E-state index contributed by atoms with van der Waals surface area (Å²) in [5.74, 6) is 0. The zero-order valence-electron chi connectivity index (χ0n) is 19.9. The molecule has 1 aliphatic carbocycles. The average Bonchev–Trinajstić information content (AvgIpc) is 3.32. The lowest BCUT2D eigenvalue weighted by molar-refractivity contribution is 0.0209. The Morgan fingerprint density at radius 3 is 2.24 bits per heavy atom. The number of halogens is 2. The van der Waals surface area contributed by atoms with Crippen LogP contribution < -0.4 is 4.90 Å². The van der Waals surface area contributed by atoms with Crippen LogP contribution in [-0.2, 0) is 11.3 Å². The molecule has 0 radical (unpaired) electrons. The van der Waals surface area contributed by atoms with Crippen LogP contribution in [0.2, 0.25) is 10.0 Å². The molecule has 180 valence electrons. The second-order valence-corrected chi connectivity index (χ2v) is 11.0. The van der Waals surface area contributed by atoms with Crippen molar-refractivity contribution in [3.8, 4) is 0 Å². The second kappa shape index (κ2) is 11.9. The highest BCUT2D eigenvalue weighted by Crippen LogP contribution is 2.38. The number of anilines is 1. The fraction of sp³-hybridized carbons (Fsp3) is 0.571. The summed E-state index contributed by atoms with van der Waals surface area (Å²) < 4.78 is 6.51. The molecule has 2 aromatic rings. The van der Waals surface area contributed by atoms with Gasteiger partial charge in [0.2, 0.25) is 0 Å².